The number of hydrogen-bond donors (Lipinski definition) is 1. The summed E-state index contributed by atoms with van der Waals surface area (Å²) >= 11 is 0. The molecule has 0 aliphatic carbocycles. The van der Waals surface area contributed by atoms with Crippen molar-refractivity contribution in [2.75, 3.05) is 18.5 Å². The van der Waals surface area contributed by atoms with Gasteiger partial charge in [-0.15, -0.1) is 0 Å². The van der Waals surface area contributed by atoms with Gasteiger partial charge in [0.15, 0.2) is 5.76 Å². The van der Waals surface area contributed by atoms with Crippen LogP contribution in [-0.2, 0) is 0 Å². The Bertz CT molecular complexity index is 710. The number of benzene rings is 1. The Morgan fingerprint density at radius 2 is 1.96 bits per heavy atom. The Balaban J connectivity index is 2.23. The highest BCUT2D eigenvalue weighted by Gasteiger charge is 2.18. The zero-order valence-corrected chi connectivity index (χ0v) is 12.7. The van der Waals surface area contributed by atoms with Crippen LogP contribution in [0.15, 0.2) is 34.7 Å². The van der Waals surface area contributed by atoms with Crippen LogP contribution in [0.3, 0.4) is 0 Å². The second-order valence-electron chi connectivity index (χ2n) is 4.37. The lowest BCUT2D eigenvalue weighted by Gasteiger charge is -2.12. The molecule has 0 radical (unpaired) electrons. The van der Waals surface area contributed by atoms with Crippen molar-refractivity contribution in [1.29, 1.82) is 0 Å². The van der Waals surface area contributed by atoms with Crippen LogP contribution in [-0.4, -0.2) is 24.0 Å². The van der Waals surface area contributed by atoms with Gasteiger partial charge in [-0.3, -0.25) is 14.9 Å². The Morgan fingerprint density at radius 1 is 1.22 bits per heavy atom. The summed E-state index contributed by atoms with van der Waals surface area (Å²) in [5.74, 6) is -0.251. The zero-order valence-electron chi connectivity index (χ0n) is 12.7. The van der Waals surface area contributed by atoms with Gasteiger partial charge in [0.25, 0.3) is 5.91 Å². The number of amides is 1. The molecule has 1 aromatic carbocycles. The summed E-state index contributed by atoms with van der Waals surface area (Å²) in [4.78, 5) is 22.0. The number of carbonyl (C=O) groups excluding carboxylic acids is 1. The van der Waals surface area contributed by atoms with E-state index in [-0.39, 0.29) is 5.76 Å². The zero-order chi connectivity index (χ0) is 16.8. The molecular weight excluding hydrogens is 304 g/mol. The van der Waals surface area contributed by atoms with Gasteiger partial charge in [0, 0.05) is 6.07 Å². The number of hydrogen-bond acceptors (Lipinski definition) is 6. The van der Waals surface area contributed by atoms with E-state index in [9.17, 15) is 14.9 Å². The van der Waals surface area contributed by atoms with Gasteiger partial charge in [-0.25, -0.2) is 0 Å². The van der Waals surface area contributed by atoms with E-state index in [1.54, 1.807) is 18.2 Å². The summed E-state index contributed by atoms with van der Waals surface area (Å²) in [5.41, 5.74) is 0.391. The highest BCUT2D eigenvalue weighted by atomic mass is 16.6. The molecule has 0 spiro atoms. The SMILES string of the molecule is CCOc1ccc(OCC)c(NC(=O)c2ccc([N+](=O)[O-])o2)c1. The standard InChI is InChI=1S/C15H16N2O6/c1-3-21-10-5-6-12(22-4-2)11(9-10)16-15(18)13-7-8-14(23-13)17(19)20/h5-9H,3-4H2,1-2H3,(H,16,18). The molecule has 8 nitrogen and oxygen atoms in total. The first-order valence-corrected chi connectivity index (χ1v) is 7.00. The Kier molecular flexibility index (Phi) is 5.19. The molecule has 23 heavy (non-hydrogen) atoms. The van der Waals surface area contributed by atoms with Gasteiger partial charge >= 0.3 is 5.88 Å². The van der Waals surface area contributed by atoms with E-state index in [4.69, 9.17) is 13.9 Å². The summed E-state index contributed by atoms with van der Waals surface area (Å²) in [6.45, 7) is 4.56. The minimum absolute atomic E-state index is 0.166. The van der Waals surface area contributed by atoms with Crippen molar-refractivity contribution in [2.45, 2.75) is 13.8 Å². The van der Waals surface area contributed by atoms with E-state index >= 15 is 0 Å². The molecule has 0 fully saturated rings. The van der Waals surface area contributed by atoms with Crippen LogP contribution in [0, 0.1) is 10.1 Å². The van der Waals surface area contributed by atoms with Crippen LogP contribution in [0.25, 0.3) is 0 Å². The molecule has 0 saturated heterocycles. The third-order valence-electron chi connectivity index (χ3n) is 2.81. The van der Waals surface area contributed by atoms with Crippen molar-refractivity contribution < 1.29 is 23.6 Å². The van der Waals surface area contributed by atoms with Gasteiger partial charge in [-0.2, -0.15) is 0 Å². The van der Waals surface area contributed by atoms with E-state index in [0.29, 0.717) is 30.4 Å². The first-order valence-electron chi connectivity index (χ1n) is 7.00. The lowest BCUT2D eigenvalue weighted by atomic mass is 10.2. The monoisotopic (exact) mass is 320 g/mol. The Labute approximate surface area is 132 Å². The van der Waals surface area contributed by atoms with Gasteiger partial charge in [-0.05, 0) is 32.0 Å². The second kappa shape index (κ2) is 7.30. The molecular formula is C15H16N2O6. The summed E-state index contributed by atoms with van der Waals surface area (Å²) < 4.78 is 15.7. The van der Waals surface area contributed by atoms with Crippen LogP contribution >= 0.6 is 0 Å². The molecule has 122 valence electrons. The third-order valence-corrected chi connectivity index (χ3v) is 2.81. The predicted octanol–water partition coefficient (Wildman–Crippen LogP) is 3.24. The maximum Gasteiger partial charge on any atom is 0.433 e. The fourth-order valence-corrected chi connectivity index (χ4v) is 1.88. The average molecular weight is 320 g/mol. The quantitative estimate of drug-likeness (QED) is 0.620. The van der Waals surface area contributed by atoms with Crippen molar-refractivity contribution in [3.8, 4) is 11.5 Å². The largest absolute Gasteiger partial charge is 0.494 e. The Hall–Kier alpha value is -3.03. The molecule has 0 aliphatic heterocycles. The normalized spacial score (nSPS) is 10.2. The smallest absolute Gasteiger partial charge is 0.433 e. The molecule has 8 heteroatoms. The van der Waals surface area contributed by atoms with E-state index in [2.05, 4.69) is 5.32 Å². The molecule has 2 rings (SSSR count). The van der Waals surface area contributed by atoms with Crippen molar-refractivity contribution >= 4 is 17.5 Å². The summed E-state index contributed by atoms with van der Waals surface area (Å²) in [7, 11) is 0. The van der Waals surface area contributed by atoms with Crippen LogP contribution in [0.4, 0.5) is 11.6 Å². The highest BCUT2D eigenvalue weighted by molar-refractivity contribution is 6.03. The van der Waals surface area contributed by atoms with E-state index in [0.717, 1.165) is 6.07 Å². The summed E-state index contributed by atoms with van der Waals surface area (Å²) in [6.07, 6.45) is 0. The molecule has 0 bridgehead atoms. The molecule has 1 amide bonds. The molecule has 0 unspecified atom stereocenters. The number of carbonyl (C=O) groups is 1. The van der Waals surface area contributed by atoms with Gasteiger partial charge < -0.3 is 19.2 Å². The number of furan rings is 1. The van der Waals surface area contributed by atoms with Gasteiger partial charge in [-0.1, -0.05) is 0 Å². The number of nitrogens with zero attached hydrogens (tertiary/aromatic N) is 1. The van der Waals surface area contributed by atoms with Crippen molar-refractivity contribution in [1.82, 2.24) is 0 Å². The number of rotatable bonds is 7. The first-order chi connectivity index (χ1) is 11.0. The van der Waals surface area contributed by atoms with Crippen molar-refractivity contribution in [3.63, 3.8) is 0 Å². The fourth-order valence-electron chi connectivity index (χ4n) is 1.88. The van der Waals surface area contributed by atoms with Gasteiger partial charge in [0.1, 0.15) is 16.4 Å². The van der Waals surface area contributed by atoms with Crippen LogP contribution in [0.2, 0.25) is 0 Å². The molecule has 0 atom stereocenters. The van der Waals surface area contributed by atoms with Crippen LogP contribution in [0.1, 0.15) is 24.4 Å². The topological polar surface area (TPSA) is 104 Å². The molecule has 1 heterocycles. The number of ether oxygens (including phenoxy) is 2. The predicted molar refractivity (Wildman–Crippen MR) is 82.1 cm³/mol. The van der Waals surface area contributed by atoms with Crippen molar-refractivity contribution in [2.24, 2.45) is 0 Å². The number of nitrogens with one attached hydrogen (secondary N) is 1. The third kappa shape index (κ3) is 4.00. The fraction of sp³-hybridized carbons (Fsp3) is 0.267. The highest BCUT2D eigenvalue weighted by Crippen LogP contribution is 2.30. The lowest BCUT2D eigenvalue weighted by Crippen LogP contribution is -2.12. The first kappa shape index (κ1) is 16.3. The molecule has 0 aliphatic rings. The van der Waals surface area contributed by atoms with Crippen LogP contribution in [0.5, 0.6) is 11.5 Å². The molecule has 1 N–H and O–H groups in total. The average Bonchev–Trinajstić information content (AvgIpc) is 3.00. The summed E-state index contributed by atoms with van der Waals surface area (Å²) in [5, 5.41) is 13.2. The Morgan fingerprint density at radius 3 is 2.57 bits per heavy atom. The number of nitro groups is 1. The molecule has 0 saturated carbocycles. The van der Waals surface area contributed by atoms with Gasteiger partial charge in [0.05, 0.1) is 25.0 Å². The van der Waals surface area contributed by atoms with E-state index in [1.165, 1.54) is 6.07 Å². The maximum atomic E-state index is 12.2. The number of anilines is 1. The minimum Gasteiger partial charge on any atom is -0.494 e. The maximum absolute atomic E-state index is 12.2. The minimum atomic E-state index is -0.710. The molecule has 2 aromatic rings. The lowest BCUT2D eigenvalue weighted by molar-refractivity contribution is -0.402. The summed E-state index contributed by atoms with van der Waals surface area (Å²) in [6, 6.07) is 7.37. The van der Waals surface area contributed by atoms with E-state index in [1.807, 2.05) is 13.8 Å². The second-order valence-corrected chi connectivity index (χ2v) is 4.37. The van der Waals surface area contributed by atoms with Crippen LogP contribution < -0.4 is 14.8 Å². The van der Waals surface area contributed by atoms with Gasteiger partial charge in [0.2, 0.25) is 0 Å². The molecule has 1 aromatic heterocycles. The van der Waals surface area contributed by atoms with E-state index < -0.39 is 16.7 Å². The van der Waals surface area contributed by atoms with Crippen molar-refractivity contribution in [3.05, 3.63) is 46.2 Å².